The van der Waals surface area contributed by atoms with Crippen LogP contribution in [0.3, 0.4) is 0 Å². The molecule has 0 saturated carbocycles. The minimum absolute atomic E-state index is 0.0307. The third-order valence-electron chi connectivity index (χ3n) is 6.09. The van der Waals surface area contributed by atoms with E-state index in [1.54, 1.807) is 6.07 Å². The van der Waals surface area contributed by atoms with Crippen molar-refractivity contribution in [2.24, 2.45) is 0 Å². The van der Waals surface area contributed by atoms with Crippen molar-refractivity contribution < 1.29 is 18.8 Å². The lowest BCUT2D eigenvalue weighted by atomic mass is 10.1. The van der Waals surface area contributed by atoms with Crippen LogP contribution in [0, 0.1) is 6.92 Å². The van der Waals surface area contributed by atoms with E-state index in [-0.39, 0.29) is 5.91 Å². The molecule has 0 unspecified atom stereocenters. The highest BCUT2D eigenvalue weighted by atomic mass is 16.5. The van der Waals surface area contributed by atoms with Crippen LogP contribution < -0.4 is 9.47 Å². The lowest BCUT2D eigenvalue weighted by molar-refractivity contribution is 0.0635. The molecule has 0 N–H and O–H groups in total. The van der Waals surface area contributed by atoms with Gasteiger partial charge in [0.2, 0.25) is 11.7 Å². The van der Waals surface area contributed by atoms with Gasteiger partial charge < -0.3 is 18.9 Å². The van der Waals surface area contributed by atoms with Crippen molar-refractivity contribution >= 4 is 5.91 Å². The van der Waals surface area contributed by atoms with Crippen molar-refractivity contribution in [3.05, 3.63) is 59.5 Å². The van der Waals surface area contributed by atoms with E-state index in [0.717, 1.165) is 38.0 Å². The Morgan fingerprint density at radius 1 is 0.971 bits per heavy atom. The third kappa shape index (κ3) is 6.39. The molecule has 0 aliphatic carbocycles. The maximum Gasteiger partial charge on any atom is 0.254 e. The number of hydrogen-bond donors (Lipinski definition) is 0. The van der Waals surface area contributed by atoms with Gasteiger partial charge in [0.25, 0.3) is 5.91 Å². The Labute approximate surface area is 206 Å². The van der Waals surface area contributed by atoms with Gasteiger partial charge in [0.05, 0.1) is 13.2 Å². The smallest absolute Gasteiger partial charge is 0.254 e. The number of hydrogen-bond acceptors (Lipinski definition) is 7. The van der Waals surface area contributed by atoms with Crippen LogP contribution >= 0.6 is 0 Å². The van der Waals surface area contributed by atoms with Crippen LogP contribution in [-0.4, -0.2) is 71.8 Å². The molecule has 3 aromatic rings. The summed E-state index contributed by atoms with van der Waals surface area (Å²) in [7, 11) is 0. The van der Waals surface area contributed by atoms with Crippen LogP contribution in [0.4, 0.5) is 0 Å². The first-order valence-corrected chi connectivity index (χ1v) is 12.4. The minimum Gasteiger partial charge on any atom is -0.490 e. The number of rotatable bonds is 10. The first-order valence-electron chi connectivity index (χ1n) is 12.4. The summed E-state index contributed by atoms with van der Waals surface area (Å²) >= 11 is 0. The number of ether oxygens (including phenoxy) is 2. The Hall–Kier alpha value is -3.39. The SMILES string of the molecule is CCOc1ccc(C(=O)N2CCN(CCCc3nc(-c4ccc(C)cc4)no3)CC2)cc1OCC. The Bertz CT molecular complexity index is 1100. The zero-order valence-electron chi connectivity index (χ0n) is 20.8. The Kier molecular flexibility index (Phi) is 8.36. The van der Waals surface area contributed by atoms with E-state index in [9.17, 15) is 4.79 Å². The molecule has 2 aromatic carbocycles. The summed E-state index contributed by atoms with van der Waals surface area (Å²) in [5.41, 5.74) is 2.80. The van der Waals surface area contributed by atoms with Gasteiger partial charge >= 0.3 is 0 Å². The molecule has 1 aromatic heterocycles. The van der Waals surface area contributed by atoms with Crippen molar-refractivity contribution in [2.75, 3.05) is 45.9 Å². The standard InChI is InChI=1S/C27H34N4O4/c1-4-33-23-13-12-22(19-24(23)34-5-2)27(32)31-17-15-30(16-18-31)14-6-7-25-28-26(29-35-25)21-10-8-20(3)9-11-21/h8-13,19H,4-7,14-18H2,1-3H3. The Balaban J connectivity index is 1.24. The minimum atomic E-state index is 0.0307. The van der Waals surface area contributed by atoms with Gasteiger partial charge in [-0.15, -0.1) is 0 Å². The van der Waals surface area contributed by atoms with E-state index in [2.05, 4.69) is 22.0 Å². The second-order valence-electron chi connectivity index (χ2n) is 8.64. The summed E-state index contributed by atoms with van der Waals surface area (Å²) in [6.45, 7) is 11.0. The number of aryl methyl sites for hydroxylation is 2. The maximum atomic E-state index is 13.1. The molecule has 4 rings (SSSR count). The first kappa shape index (κ1) is 24.7. The number of nitrogens with zero attached hydrogens (tertiary/aromatic N) is 4. The number of aromatic nitrogens is 2. The molecule has 0 bridgehead atoms. The molecular weight excluding hydrogens is 444 g/mol. The number of amides is 1. The second-order valence-corrected chi connectivity index (χ2v) is 8.64. The summed E-state index contributed by atoms with van der Waals surface area (Å²) in [6, 6.07) is 13.5. The van der Waals surface area contributed by atoms with E-state index >= 15 is 0 Å². The van der Waals surface area contributed by atoms with Gasteiger partial charge in [0, 0.05) is 43.7 Å². The summed E-state index contributed by atoms with van der Waals surface area (Å²) in [6.07, 6.45) is 1.67. The molecule has 186 valence electrons. The van der Waals surface area contributed by atoms with Crippen LogP contribution in [0.25, 0.3) is 11.4 Å². The number of benzene rings is 2. The van der Waals surface area contributed by atoms with Gasteiger partial charge in [-0.1, -0.05) is 35.0 Å². The fourth-order valence-corrected chi connectivity index (χ4v) is 4.17. The lowest BCUT2D eigenvalue weighted by Crippen LogP contribution is -2.48. The molecule has 8 nitrogen and oxygen atoms in total. The van der Waals surface area contributed by atoms with E-state index in [0.29, 0.717) is 55.1 Å². The van der Waals surface area contributed by atoms with Crippen molar-refractivity contribution in [1.82, 2.24) is 19.9 Å². The van der Waals surface area contributed by atoms with Crippen molar-refractivity contribution in [3.63, 3.8) is 0 Å². The molecule has 0 spiro atoms. The van der Waals surface area contributed by atoms with Crippen LogP contribution in [0.2, 0.25) is 0 Å². The van der Waals surface area contributed by atoms with E-state index in [4.69, 9.17) is 14.0 Å². The summed E-state index contributed by atoms with van der Waals surface area (Å²) in [5, 5.41) is 4.11. The number of piperazine rings is 1. The van der Waals surface area contributed by atoms with Crippen molar-refractivity contribution in [2.45, 2.75) is 33.6 Å². The molecule has 0 atom stereocenters. The van der Waals surface area contributed by atoms with Gasteiger partial charge in [-0.2, -0.15) is 4.98 Å². The molecule has 1 aliphatic rings. The summed E-state index contributed by atoms with van der Waals surface area (Å²) in [4.78, 5) is 21.9. The van der Waals surface area contributed by atoms with E-state index in [1.807, 2.05) is 55.1 Å². The Morgan fingerprint density at radius 3 is 2.40 bits per heavy atom. The van der Waals surface area contributed by atoms with Crippen molar-refractivity contribution in [1.29, 1.82) is 0 Å². The van der Waals surface area contributed by atoms with E-state index in [1.165, 1.54) is 5.56 Å². The summed E-state index contributed by atoms with van der Waals surface area (Å²) < 4.78 is 16.7. The highest BCUT2D eigenvalue weighted by Gasteiger charge is 2.23. The zero-order chi connectivity index (χ0) is 24.6. The molecule has 1 fully saturated rings. The molecule has 1 amide bonds. The van der Waals surface area contributed by atoms with Gasteiger partial charge in [0.1, 0.15) is 0 Å². The fraction of sp³-hybridized carbons (Fsp3) is 0.444. The maximum absolute atomic E-state index is 13.1. The second kappa shape index (κ2) is 11.8. The summed E-state index contributed by atoms with van der Waals surface area (Å²) in [5.74, 6) is 2.61. The molecule has 1 saturated heterocycles. The van der Waals surface area contributed by atoms with Crippen molar-refractivity contribution in [3.8, 4) is 22.9 Å². The van der Waals surface area contributed by atoms with Crippen LogP contribution in [0.5, 0.6) is 11.5 Å². The largest absolute Gasteiger partial charge is 0.490 e. The van der Waals surface area contributed by atoms with Crippen LogP contribution in [0.15, 0.2) is 47.0 Å². The van der Waals surface area contributed by atoms with Gasteiger partial charge in [-0.25, -0.2) is 0 Å². The normalized spacial score (nSPS) is 14.2. The number of carbonyl (C=O) groups excluding carboxylic acids is 1. The highest BCUT2D eigenvalue weighted by molar-refractivity contribution is 5.95. The average molecular weight is 479 g/mol. The highest BCUT2D eigenvalue weighted by Crippen LogP contribution is 2.29. The average Bonchev–Trinajstić information content (AvgIpc) is 3.35. The predicted octanol–water partition coefficient (Wildman–Crippen LogP) is 4.23. The Morgan fingerprint density at radius 2 is 1.69 bits per heavy atom. The lowest BCUT2D eigenvalue weighted by Gasteiger charge is -2.34. The van der Waals surface area contributed by atoms with Crippen LogP contribution in [0.1, 0.15) is 42.1 Å². The quantitative estimate of drug-likeness (QED) is 0.431. The monoisotopic (exact) mass is 478 g/mol. The van der Waals surface area contributed by atoms with Gasteiger partial charge in [-0.3, -0.25) is 9.69 Å². The first-order chi connectivity index (χ1) is 17.1. The van der Waals surface area contributed by atoms with E-state index < -0.39 is 0 Å². The number of carbonyl (C=O) groups is 1. The predicted molar refractivity (Wildman–Crippen MR) is 134 cm³/mol. The fourth-order valence-electron chi connectivity index (χ4n) is 4.17. The van der Waals surface area contributed by atoms with Crippen LogP contribution in [-0.2, 0) is 6.42 Å². The topological polar surface area (TPSA) is 80.9 Å². The van der Waals surface area contributed by atoms with Gasteiger partial charge in [0.15, 0.2) is 11.5 Å². The third-order valence-corrected chi connectivity index (χ3v) is 6.09. The molecule has 1 aliphatic heterocycles. The molecular formula is C27H34N4O4. The molecule has 8 heteroatoms. The zero-order valence-corrected chi connectivity index (χ0v) is 20.8. The van der Waals surface area contributed by atoms with Gasteiger partial charge in [-0.05, 0) is 51.9 Å². The molecule has 0 radical (unpaired) electrons. The molecule has 2 heterocycles. The molecule has 35 heavy (non-hydrogen) atoms.